The van der Waals surface area contributed by atoms with Crippen LogP contribution in [-0.2, 0) is 14.9 Å². The maximum Gasteiger partial charge on any atom is 0.573 e. The van der Waals surface area contributed by atoms with Crippen molar-refractivity contribution in [3.05, 3.63) is 36.0 Å². The van der Waals surface area contributed by atoms with Gasteiger partial charge < -0.3 is 10.1 Å². The molecule has 7 nitrogen and oxygen atoms in total. The summed E-state index contributed by atoms with van der Waals surface area (Å²) in [7, 11) is -3.81. The lowest BCUT2D eigenvalue weighted by Crippen LogP contribution is -2.37. The van der Waals surface area contributed by atoms with E-state index in [1.807, 2.05) is 0 Å². The summed E-state index contributed by atoms with van der Waals surface area (Å²) in [6.45, 7) is 2.95. The van der Waals surface area contributed by atoms with E-state index in [9.17, 15) is 21.6 Å². The van der Waals surface area contributed by atoms with Crippen molar-refractivity contribution in [3.63, 3.8) is 0 Å². The molecule has 1 aromatic carbocycles. The molecule has 1 saturated heterocycles. The van der Waals surface area contributed by atoms with Crippen molar-refractivity contribution in [2.75, 3.05) is 32.8 Å². The number of alkyl halides is 3. The summed E-state index contributed by atoms with van der Waals surface area (Å²) in [5, 5.41) is 3.32. The second-order valence-electron chi connectivity index (χ2n) is 6.99. The van der Waals surface area contributed by atoms with Crippen molar-refractivity contribution in [1.82, 2.24) is 15.1 Å². The normalized spacial score (nSPS) is 21.5. The van der Waals surface area contributed by atoms with Crippen molar-refractivity contribution >= 4 is 10.0 Å². The van der Waals surface area contributed by atoms with Crippen molar-refractivity contribution < 1.29 is 31.2 Å². The molecule has 0 amide bonds. The Labute approximate surface area is 167 Å². The molecule has 0 spiro atoms. The van der Waals surface area contributed by atoms with Crippen LogP contribution in [0.2, 0.25) is 0 Å². The van der Waals surface area contributed by atoms with Crippen LogP contribution in [0.1, 0.15) is 19.3 Å². The van der Waals surface area contributed by atoms with Gasteiger partial charge in [0.15, 0.2) is 0 Å². The van der Waals surface area contributed by atoms with Gasteiger partial charge in [-0.15, -0.1) is 13.2 Å². The lowest BCUT2D eigenvalue weighted by molar-refractivity contribution is -0.274. The number of ether oxygens (including phenoxy) is 1. The van der Waals surface area contributed by atoms with Crippen LogP contribution < -0.4 is 15.5 Å². The molecule has 3 rings (SSSR count). The molecule has 2 aliphatic rings. The average molecular weight is 435 g/mol. The molecule has 0 aliphatic carbocycles. The molecule has 0 radical (unpaired) electrons. The lowest BCUT2D eigenvalue weighted by atomic mass is 10.0. The number of hydroxylamine groups is 1. The van der Waals surface area contributed by atoms with Gasteiger partial charge in [-0.3, -0.25) is 10.3 Å². The van der Waals surface area contributed by atoms with Gasteiger partial charge in [0, 0.05) is 31.8 Å². The summed E-state index contributed by atoms with van der Waals surface area (Å²) in [5.41, 5.74) is 3.71. The Bertz CT molecular complexity index is 807. The Morgan fingerprint density at radius 3 is 2.59 bits per heavy atom. The van der Waals surface area contributed by atoms with Crippen LogP contribution in [0.15, 0.2) is 40.9 Å². The number of nitrogens with one attached hydrogen (secondary N) is 2. The standard InChI is InChI=1S/C18H24F3N3O4S/c19-18(20,21)28-16-3-5-17(6-4-16)29(25,26)24-10-7-15(8-11-24)23-27-13-14-2-1-9-22-12-14/h3-7,14,22-23H,1-2,8-13H2. The Kier molecular flexibility index (Phi) is 7.04. The minimum Gasteiger partial charge on any atom is -0.406 e. The van der Waals surface area contributed by atoms with Crippen LogP contribution in [0.3, 0.4) is 0 Å². The summed E-state index contributed by atoms with van der Waals surface area (Å²) < 4.78 is 67.1. The van der Waals surface area contributed by atoms with E-state index >= 15 is 0 Å². The molecular formula is C18H24F3N3O4S. The van der Waals surface area contributed by atoms with E-state index in [-0.39, 0.29) is 18.0 Å². The number of rotatable bonds is 7. The molecule has 29 heavy (non-hydrogen) atoms. The van der Waals surface area contributed by atoms with E-state index < -0.39 is 22.1 Å². The number of nitrogens with zero attached hydrogens (tertiary/aromatic N) is 1. The SMILES string of the molecule is O=S(=O)(c1ccc(OC(F)(F)F)cc1)N1CC=C(NOCC2CCCNC2)CC1. The fraction of sp³-hybridized carbons (Fsp3) is 0.556. The number of hydrogen-bond donors (Lipinski definition) is 2. The summed E-state index contributed by atoms with van der Waals surface area (Å²) in [6.07, 6.45) is -0.380. The maximum atomic E-state index is 12.7. The highest BCUT2D eigenvalue weighted by atomic mass is 32.2. The zero-order valence-corrected chi connectivity index (χ0v) is 16.6. The van der Waals surface area contributed by atoms with Gasteiger partial charge in [-0.05, 0) is 55.6 Å². The molecule has 1 atom stereocenters. The van der Waals surface area contributed by atoms with E-state index in [4.69, 9.17) is 4.84 Å². The average Bonchev–Trinajstić information content (AvgIpc) is 2.68. The summed E-state index contributed by atoms with van der Waals surface area (Å²) >= 11 is 0. The molecule has 1 fully saturated rings. The molecule has 2 N–H and O–H groups in total. The van der Waals surface area contributed by atoms with Crippen LogP contribution >= 0.6 is 0 Å². The zero-order chi connectivity index (χ0) is 20.9. The predicted octanol–water partition coefficient (Wildman–Crippen LogP) is 2.38. The summed E-state index contributed by atoms with van der Waals surface area (Å²) in [6, 6.07) is 4.19. The monoisotopic (exact) mass is 435 g/mol. The van der Waals surface area contributed by atoms with Gasteiger partial charge in [-0.1, -0.05) is 0 Å². The molecule has 0 aromatic heterocycles. The lowest BCUT2D eigenvalue weighted by Gasteiger charge is -2.27. The van der Waals surface area contributed by atoms with Gasteiger partial charge in [0.2, 0.25) is 10.0 Å². The van der Waals surface area contributed by atoms with E-state index in [2.05, 4.69) is 15.5 Å². The molecule has 162 valence electrons. The van der Waals surface area contributed by atoms with Gasteiger partial charge in [-0.2, -0.15) is 4.31 Å². The van der Waals surface area contributed by atoms with Crippen molar-refractivity contribution in [1.29, 1.82) is 0 Å². The van der Waals surface area contributed by atoms with Gasteiger partial charge in [0.05, 0.1) is 11.5 Å². The smallest absolute Gasteiger partial charge is 0.406 e. The highest BCUT2D eigenvalue weighted by Crippen LogP contribution is 2.26. The van der Waals surface area contributed by atoms with Crippen molar-refractivity contribution in [2.45, 2.75) is 30.5 Å². The van der Waals surface area contributed by atoms with Gasteiger partial charge >= 0.3 is 6.36 Å². The van der Waals surface area contributed by atoms with Gasteiger partial charge in [0.25, 0.3) is 0 Å². The van der Waals surface area contributed by atoms with Gasteiger partial charge in [0.1, 0.15) is 5.75 Å². The molecule has 1 aromatic rings. The Balaban J connectivity index is 1.51. The predicted molar refractivity (Wildman–Crippen MR) is 99.3 cm³/mol. The van der Waals surface area contributed by atoms with E-state index in [1.54, 1.807) is 6.08 Å². The maximum absolute atomic E-state index is 12.7. The first-order valence-corrected chi connectivity index (χ1v) is 10.8. The third kappa shape index (κ3) is 6.33. The number of piperidine rings is 1. The fourth-order valence-corrected chi connectivity index (χ4v) is 4.62. The summed E-state index contributed by atoms with van der Waals surface area (Å²) in [4.78, 5) is 5.45. The minimum absolute atomic E-state index is 0.0853. The highest BCUT2D eigenvalue weighted by Gasteiger charge is 2.31. The molecule has 0 saturated carbocycles. The largest absolute Gasteiger partial charge is 0.573 e. The molecule has 2 aliphatic heterocycles. The second-order valence-corrected chi connectivity index (χ2v) is 8.93. The van der Waals surface area contributed by atoms with E-state index in [0.717, 1.165) is 55.9 Å². The molecule has 1 unspecified atom stereocenters. The minimum atomic E-state index is -4.82. The molecule has 11 heteroatoms. The van der Waals surface area contributed by atoms with Crippen LogP contribution in [0, 0.1) is 5.92 Å². The second kappa shape index (κ2) is 9.33. The van der Waals surface area contributed by atoms with Crippen LogP contribution in [-0.4, -0.2) is 51.9 Å². The molecule has 2 heterocycles. The quantitative estimate of drug-likeness (QED) is 0.641. The number of halogens is 3. The molecular weight excluding hydrogens is 411 g/mol. The van der Waals surface area contributed by atoms with E-state index in [0.29, 0.717) is 18.9 Å². The molecule has 0 bridgehead atoms. The Morgan fingerprint density at radius 1 is 1.24 bits per heavy atom. The van der Waals surface area contributed by atoms with Crippen molar-refractivity contribution in [3.8, 4) is 5.75 Å². The number of benzene rings is 1. The number of sulfonamides is 1. The fourth-order valence-electron chi connectivity index (χ4n) is 3.24. The third-order valence-corrected chi connectivity index (χ3v) is 6.67. The first kappa shape index (κ1) is 21.9. The van der Waals surface area contributed by atoms with E-state index in [1.165, 1.54) is 4.31 Å². The number of hydrogen-bond acceptors (Lipinski definition) is 6. The van der Waals surface area contributed by atoms with Crippen LogP contribution in [0.4, 0.5) is 13.2 Å². The van der Waals surface area contributed by atoms with Crippen molar-refractivity contribution in [2.24, 2.45) is 5.92 Å². The topological polar surface area (TPSA) is 79.9 Å². The Morgan fingerprint density at radius 2 is 2.00 bits per heavy atom. The van der Waals surface area contributed by atoms with Crippen LogP contribution in [0.25, 0.3) is 0 Å². The van der Waals surface area contributed by atoms with Gasteiger partial charge in [-0.25, -0.2) is 8.42 Å². The highest BCUT2D eigenvalue weighted by molar-refractivity contribution is 7.89. The zero-order valence-electron chi connectivity index (χ0n) is 15.7. The first-order valence-electron chi connectivity index (χ1n) is 9.37. The Hall–Kier alpha value is -1.82. The first-order chi connectivity index (χ1) is 13.7. The third-order valence-electron chi connectivity index (χ3n) is 4.79. The summed E-state index contributed by atoms with van der Waals surface area (Å²) in [5.74, 6) is -0.00611. The van der Waals surface area contributed by atoms with Crippen LogP contribution in [0.5, 0.6) is 5.75 Å².